The molecule has 0 amide bonds. The maximum atomic E-state index is 5.43. The summed E-state index contributed by atoms with van der Waals surface area (Å²) in [5.41, 5.74) is 0. The number of aromatic nitrogens is 2. The number of hydrogen-bond acceptors (Lipinski definition) is 5. The highest BCUT2D eigenvalue weighted by Gasteiger charge is 2.30. The number of piperidine rings is 1. The third kappa shape index (κ3) is 2.16. The number of rotatable bonds is 2. The summed E-state index contributed by atoms with van der Waals surface area (Å²) in [6.45, 7) is 6.37. The van der Waals surface area contributed by atoms with E-state index in [9.17, 15) is 0 Å². The molecule has 2 aliphatic rings. The fourth-order valence-electron chi connectivity index (χ4n) is 2.74. The Hall–Kier alpha value is -1.10. The molecule has 5 heteroatoms. The van der Waals surface area contributed by atoms with Gasteiger partial charge in [-0.25, -0.2) is 0 Å². The van der Waals surface area contributed by atoms with Gasteiger partial charge in [0.25, 0.3) is 5.95 Å². The van der Waals surface area contributed by atoms with Crippen molar-refractivity contribution in [3.05, 3.63) is 5.89 Å². The van der Waals surface area contributed by atoms with Gasteiger partial charge in [0, 0.05) is 19.6 Å². The predicted molar refractivity (Wildman–Crippen MR) is 65.1 cm³/mol. The first-order valence-electron chi connectivity index (χ1n) is 6.64. The molecular weight excluding hydrogens is 216 g/mol. The standard InChI is InChI=1S/C12H20N4O/c1-9-7-13-8-10(9)11-14-12(15-17-11)16-5-3-2-4-6-16/h9-10,13H,2-8H2,1H3/t9-,10-/m1/s1. The molecule has 1 aromatic rings. The van der Waals surface area contributed by atoms with E-state index in [1.165, 1.54) is 19.3 Å². The van der Waals surface area contributed by atoms with Gasteiger partial charge in [0.15, 0.2) is 0 Å². The lowest BCUT2D eigenvalue weighted by molar-refractivity contribution is 0.338. The van der Waals surface area contributed by atoms with Crippen molar-refractivity contribution in [1.29, 1.82) is 0 Å². The molecule has 3 heterocycles. The Morgan fingerprint density at radius 2 is 2.06 bits per heavy atom. The lowest BCUT2D eigenvalue weighted by Crippen LogP contribution is -2.30. The normalized spacial score (nSPS) is 29.8. The van der Waals surface area contributed by atoms with Gasteiger partial charge in [0.2, 0.25) is 5.89 Å². The lowest BCUT2D eigenvalue weighted by atomic mass is 9.98. The van der Waals surface area contributed by atoms with Crippen LogP contribution < -0.4 is 10.2 Å². The van der Waals surface area contributed by atoms with Crippen LogP contribution in [0.15, 0.2) is 4.52 Å². The SMILES string of the molecule is C[C@@H]1CNC[C@H]1c1nc(N2CCCCC2)no1. The van der Waals surface area contributed by atoms with Crippen molar-refractivity contribution in [1.82, 2.24) is 15.5 Å². The van der Waals surface area contributed by atoms with Gasteiger partial charge in [-0.15, -0.1) is 0 Å². The van der Waals surface area contributed by atoms with Crippen LogP contribution in [-0.2, 0) is 0 Å². The average molecular weight is 236 g/mol. The van der Waals surface area contributed by atoms with Crippen molar-refractivity contribution in [2.75, 3.05) is 31.1 Å². The second-order valence-electron chi connectivity index (χ2n) is 5.22. The largest absolute Gasteiger partial charge is 0.338 e. The highest BCUT2D eigenvalue weighted by atomic mass is 16.5. The Kier molecular flexibility index (Phi) is 3.01. The molecule has 0 spiro atoms. The molecule has 0 unspecified atom stereocenters. The van der Waals surface area contributed by atoms with Crippen LogP contribution in [0.2, 0.25) is 0 Å². The van der Waals surface area contributed by atoms with Gasteiger partial charge in [0.1, 0.15) is 0 Å². The first kappa shape index (κ1) is 11.0. The van der Waals surface area contributed by atoms with Crippen LogP contribution in [0.5, 0.6) is 0 Å². The topological polar surface area (TPSA) is 54.2 Å². The van der Waals surface area contributed by atoms with Gasteiger partial charge in [-0.1, -0.05) is 6.92 Å². The molecule has 1 aromatic heterocycles. The molecule has 2 fully saturated rings. The monoisotopic (exact) mass is 236 g/mol. The molecule has 2 saturated heterocycles. The van der Waals surface area contributed by atoms with Crippen LogP contribution in [0, 0.1) is 5.92 Å². The minimum atomic E-state index is 0.390. The van der Waals surface area contributed by atoms with Crippen molar-refractivity contribution in [3.8, 4) is 0 Å². The first-order chi connectivity index (χ1) is 8.34. The molecule has 0 aliphatic carbocycles. The highest BCUT2D eigenvalue weighted by molar-refractivity contribution is 5.28. The summed E-state index contributed by atoms with van der Waals surface area (Å²) < 4.78 is 5.43. The molecule has 2 aliphatic heterocycles. The zero-order chi connectivity index (χ0) is 11.7. The van der Waals surface area contributed by atoms with Crippen LogP contribution in [0.25, 0.3) is 0 Å². The van der Waals surface area contributed by atoms with Crippen molar-refractivity contribution in [3.63, 3.8) is 0 Å². The third-order valence-electron chi connectivity index (χ3n) is 3.90. The van der Waals surface area contributed by atoms with E-state index in [1.54, 1.807) is 0 Å². The molecule has 0 radical (unpaired) electrons. The van der Waals surface area contributed by atoms with Gasteiger partial charge >= 0.3 is 0 Å². The van der Waals surface area contributed by atoms with Crippen LogP contribution >= 0.6 is 0 Å². The van der Waals surface area contributed by atoms with Crippen molar-refractivity contribution >= 4 is 5.95 Å². The van der Waals surface area contributed by atoms with E-state index >= 15 is 0 Å². The number of nitrogens with zero attached hydrogens (tertiary/aromatic N) is 3. The smallest absolute Gasteiger partial charge is 0.266 e. The zero-order valence-corrected chi connectivity index (χ0v) is 10.4. The van der Waals surface area contributed by atoms with Gasteiger partial charge in [-0.05, 0) is 36.9 Å². The summed E-state index contributed by atoms with van der Waals surface area (Å²) in [5.74, 6) is 2.58. The second-order valence-corrected chi connectivity index (χ2v) is 5.22. The fourth-order valence-corrected chi connectivity index (χ4v) is 2.74. The highest BCUT2D eigenvalue weighted by Crippen LogP contribution is 2.28. The maximum absolute atomic E-state index is 5.43. The molecule has 2 atom stereocenters. The summed E-state index contributed by atoms with van der Waals surface area (Å²) in [5, 5.41) is 7.50. The van der Waals surface area contributed by atoms with Crippen LogP contribution in [0.1, 0.15) is 38.0 Å². The second kappa shape index (κ2) is 4.64. The van der Waals surface area contributed by atoms with E-state index in [2.05, 4.69) is 27.3 Å². The number of anilines is 1. The number of hydrogen-bond donors (Lipinski definition) is 1. The van der Waals surface area contributed by atoms with Crippen LogP contribution in [-0.4, -0.2) is 36.3 Å². The zero-order valence-electron chi connectivity index (χ0n) is 10.4. The molecular formula is C12H20N4O. The summed E-state index contributed by atoms with van der Waals surface area (Å²) in [7, 11) is 0. The minimum absolute atomic E-state index is 0.390. The predicted octanol–water partition coefficient (Wildman–Crippen LogP) is 1.38. The maximum Gasteiger partial charge on any atom is 0.266 e. The summed E-state index contributed by atoms with van der Waals surface area (Å²) in [6.07, 6.45) is 3.81. The Labute approximate surface area is 102 Å². The summed E-state index contributed by atoms with van der Waals surface area (Å²) in [6, 6.07) is 0. The summed E-state index contributed by atoms with van der Waals surface area (Å²) >= 11 is 0. The molecule has 17 heavy (non-hydrogen) atoms. The van der Waals surface area contributed by atoms with Gasteiger partial charge in [-0.3, -0.25) is 0 Å². The third-order valence-corrected chi connectivity index (χ3v) is 3.90. The Morgan fingerprint density at radius 1 is 1.24 bits per heavy atom. The summed E-state index contributed by atoms with van der Waals surface area (Å²) in [4.78, 5) is 6.81. The molecule has 1 N–H and O–H groups in total. The molecule has 0 aromatic carbocycles. The Morgan fingerprint density at radius 3 is 2.76 bits per heavy atom. The quantitative estimate of drug-likeness (QED) is 0.840. The van der Waals surface area contributed by atoms with Gasteiger partial charge in [0.05, 0.1) is 5.92 Å². The van der Waals surface area contributed by atoms with E-state index in [0.29, 0.717) is 11.8 Å². The molecule has 0 bridgehead atoms. The van der Waals surface area contributed by atoms with Gasteiger partial charge in [-0.2, -0.15) is 4.98 Å². The van der Waals surface area contributed by atoms with E-state index < -0.39 is 0 Å². The van der Waals surface area contributed by atoms with E-state index in [1.807, 2.05) is 0 Å². The first-order valence-corrected chi connectivity index (χ1v) is 6.64. The van der Waals surface area contributed by atoms with Crippen LogP contribution in [0.3, 0.4) is 0 Å². The number of nitrogens with one attached hydrogen (secondary N) is 1. The van der Waals surface area contributed by atoms with E-state index in [-0.39, 0.29) is 0 Å². The molecule has 3 rings (SSSR count). The van der Waals surface area contributed by atoms with Crippen LogP contribution in [0.4, 0.5) is 5.95 Å². The van der Waals surface area contributed by atoms with E-state index in [4.69, 9.17) is 4.52 Å². The Balaban J connectivity index is 1.73. The van der Waals surface area contributed by atoms with Crippen molar-refractivity contribution in [2.45, 2.75) is 32.1 Å². The molecule has 0 saturated carbocycles. The molecule has 5 nitrogen and oxygen atoms in total. The minimum Gasteiger partial charge on any atom is -0.338 e. The average Bonchev–Trinajstić information content (AvgIpc) is 2.98. The Bertz CT molecular complexity index is 372. The van der Waals surface area contributed by atoms with Crippen molar-refractivity contribution in [2.24, 2.45) is 5.92 Å². The lowest BCUT2D eigenvalue weighted by Gasteiger charge is -2.24. The van der Waals surface area contributed by atoms with Crippen molar-refractivity contribution < 1.29 is 4.52 Å². The van der Waals surface area contributed by atoms with E-state index in [0.717, 1.165) is 38.0 Å². The fraction of sp³-hybridized carbons (Fsp3) is 0.833. The van der Waals surface area contributed by atoms with Gasteiger partial charge < -0.3 is 14.7 Å². The molecule has 94 valence electrons.